The molecule has 0 saturated carbocycles. The van der Waals surface area contributed by atoms with E-state index in [0.717, 1.165) is 0 Å². The van der Waals surface area contributed by atoms with Gasteiger partial charge in [-0.25, -0.2) is 0 Å². The summed E-state index contributed by atoms with van der Waals surface area (Å²) in [5.41, 5.74) is 12.5. The molecule has 39 heavy (non-hydrogen) atoms. The lowest BCUT2D eigenvalue weighted by atomic mass is 10.3. The van der Waals surface area contributed by atoms with Crippen LogP contribution in [0.4, 0.5) is 37.7 Å². The first-order chi connectivity index (χ1) is 18.2. The molecule has 0 aliphatic rings. The maximum atomic E-state index is 10.8. The molecule has 4 rings (SSSR count). The fourth-order valence-electron chi connectivity index (χ4n) is 2.64. The molecule has 0 spiro atoms. The van der Waals surface area contributed by atoms with Crippen LogP contribution in [-0.2, 0) is 0 Å². The van der Waals surface area contributed by atoms with Gasteiger partial charge in [-0.2, -0.15) is 26.3 Å². The molecule has 0 atom stereocenters. The van der Waals surface area contributed by atoms with Crippen LogP contribution in [0.1, 0.15) is 6.42 Å². The number of phenols is 2. The zero-order valence-corrected chi connectivity index (χ0v) is 20.1. The highest BCUT2D eigenvalue weighted by atomic mass is 19.4. The van der Waals surface area contributed by atoms with Gasteiger partial charge in [-0.05, 0) is 72.8 Å². The molecule has 0 amide bonds. The quantitative estimate of drug-likeness (QED) is 0.150. The Bertz CT molecular complexity index is 1190. The fraction of sp³-hybridized carbons (Fsp3) is 0.111. The minimum Gasteiger partial charge on any atom is -0.504 e. The number of phenolic OH excluding ortho intramolecular Hbond substituents is 2. The molecule has 0 aliphatic heterocycles. The predicted molar refractivity (Wildman–Crippen MR) is 135 cm³/mol. The summed E-state index contributed by atoms with van der Waals surface area (Å²) < 4.78 is 75.9. The van der Waals surface area contributed by atoms with E-state index in [9.17, 15) is 36.6 Å². The number of ether oxygens (including phenoxy) is 2. The largest absolute Gasteiger partial charge is 0.504 e. The Morgan fingerprint density at radius 1 is 0.513 bits per heavy atom. The Morgan fingerprint density at radius 2 is 0.821 bits per heavy atom. The summed E-state index contributed by atoms with van der Waals surface area (Å²) in [6.07, 6.45) is -13.0. The molecule has 6 N–H and O–H groups in total. The maximum absolute atomic E-state index is 10.8. The van der Waals surface area contributed by atoms with Gasteiger partial charge < -0.3 is 31.2 Å². The van der Waals surface area contributed by atoms with Crippen molar-refractivity contribution in [1.29, 1.82) is 0 Å². The number of alkyl halides is 6. The minimum absolute atomic E-state index is 0.120. The summed E-state index contributed by atoms with van der Waals surface area (Å²) in [7, 11) is 0. The van der Waals surface area contributed by atoms with Crippen molar-refractivity contribution < 1.29 is 46.0 Å². The summed E-state index contributed by atoms with van der Waals surface area (Å²) >= 11 is 0. The summed E-state index contributed by atoms with van der Waals surface area (Å²) in [6, 6.07) is 27.6. The van der Waals surface area contributed by atoms with Crippen molar-refractivity contribution in [3.8, 4) is 34.5 Å². The SMILES string of the molecule is FC(F)(F)CC(F)(F)F.Nc1ccc(Oc2ccccc2O)cc1.Nc1ccc(Oc2ccccc2O)cc1. The molecule has 6 nitrogen and oxygen atoms in total. The normalized spacial score (nSPS) is 10.8. The molecule has 208 valence electrons. The molecule has 0 bridgehead atoms. The van der Waals surface area contributed by atoms with Crippen LogP contribution in [0.3, 0.4) is 0 Å². The van der Waals surface area contributed by atoms with Crippen LogP contribution in [0.25, 0.3) is 0 Å². The average Bonchev–Trinajstić information content (AvgIpc) is 2.83. The molecule has 12 heteroatoms. The Balaban J connectivity index is 0.000000213. The van der Waals surface area contributed by atoms with Gasteiger partial charge in [0.25, 0.3) is 0 Å². The molecule has 0 aromatic heterocycles. The van der Waals surface area contributed by atoms with Crippen LogP contribution in [-0.4, -0.2) is 22.6 Å². The molecular weight excluding hydrogens is 530 g/mol. The van der Waals surface area contributed by atoms with Gasteiger partial charge in [-0.1, -0.05) is 24.3 Å². The monoisotopic (exact) mass is 554 g/mol. The van der Waals surface area contributed by atoms with Gasteiger partial charge in [0.05, 0.1) is 0 Å². The highest BCUT2D eigenvalue weighted by molar-refractivity contribution is 5.46. The van der Waals surface area contributed by atoms with Crippen molar-refractivity contribution in [3.63, 3.8) is 0 Å². The number of hydrogen-bond donors (Lipinski definition) is 4. The Kier molecular flexibility index (Phi) is 10.7. The van der Waals surface area contributed by atoms with Crippen LogP contribution in [0, 0.1) is 0 Å². The second-order valence-corrected chi connectivity index (χ2v) is 7.68. The number of nitrogens with two attached hydrogens (primary N) is 2. The average molecular weight is 554 g/mol. The number of aromatic hydroxyl groups is 2. The Labute approximate surface area is 219 Å². The number of hydrogen-bond acceptors (Lipinski definition) is 6. The van der Waals surface area contributed by atoms with Crippen molar-refractivity contribution in [2.45, 2.75) is 18.8 Å². The van der Waals surface area contributed by atoms with Crippen LogP contribution >= 0.6 is 0 Å². The van der Waals surface area contributed by atoms with E-state index in [0.29, 0.717) is 34.4 Å². The van der Waals surface area contributed by atoms with Gasteiger partial charge in [0, 0.05) is 11.4 Å². The number of nitrogen functional groups attached to an aromatic ring is 2. The summed E-state index contributed by atoms with van der Waals surface area (Å²) in [4.78, 5) is 0. The smallest absolute Gasteiger partial charge is 0.397 e. The van der Waals surface area contributed by atoms with E-state index >= 15 is 0 Å². The number of benzene rings is 4. The molecule has 0 saturated heterocycles. The van der Waals surface area contributed by atoms with Crippen molar-refractivity contribution in [2.24, 2.45) is 0 Å². The van der Waals surface area contributed by atoms with Crippen molar-refractivity contribution in [1.82, 2.24) is 0 Å². The van der Waals surface area contributed by atoms with Crippen molar-refractivity contribution in [2.75, 3.05) is 11.5 Å². The van der Waals surface area contributed by atoms with Crippen LogP contribution in [0.15, 0.2) is 97.1 Å². The third kappa shape index (κ3) is 12.4. The van der Waals surface area contributed by atoms with E-state index in [1.165, 1.54) is 0 Å². The van der Waals surface area contributed by atoms with E-state index in [4.69, 9.17) is 20.9 Å². The molecule has 0 radical (unpaired) electrons. The zero-order valence-electron chi connectivity index (χ0n) is 20.1. The van der Waals surface area contributed by atoms with E-state index in [1.807, 2.05) is 0 Å². The van der Waals surface area contributed by atoms with E-state index in [-0.39, 0.29) is 11.5 Å². The van der Waals surface area contributed by atoms with Crippen molar-refractivity contribution in [3.05, 3.63) is 97.1 Å². The van der Waals surface area contributed by atoms with Gasteiger partial charge in [0.2, 0.25) is 0 Å². The second-order valence-electron chi connectivity index (χ2n) is 7.68. The molecule has 0 aliphatic carbocycles. The first-order valence-corrected chi connectivity index (χ1v) is 11.0. The first-order valence-electron chi connectivity index (χ1n) is 11.0. The summed E-state index contributed by atoms with van der Waals surface area (Å²) in [6.45, 7) is 0. The minimum atomic E-state index is -5.14. The number of halogens is 6. The van der Waals surface area contributed by atoms with Gasteiger partial charge in [-0.3, -0.25) is 0 Å². The molecule has 4 aromatic rings. The Morgan fingerprint density at radius 3 is 1.08 bits per heavy atom. The second kappa shape index (κ2) is 13.7. The van der Waals surface area contributed by atoms with Gasteiger partial charge >= 0.3 is 12.4 Å². The third-order valence-corrected chi connectivity index (χ3v) is 4.35. The molecular formula is C27H24F6N2O4. The lowest BCUT2D eigenvalue weighted by Gasteiger charge is -2.08. The van der Waals surface area contributed by atoms with Crippen LogP contribution < -0.4 is 20.9 Å². The highest BCUT2D eigenvalue weighted by Crippen LogP contribution is 2.32. The third-order valence-electron chi connectivity index (χ3n) is 4.35. The lowest BCUT2D eigenvalue weighted by molar-refractivity contribution is -0.232. The van der Waals surface area contributed by atoms with Crippen LogP contribution in [0.2, 0.25) is 0 Å². The predicted octanol–water partition coefficient (Wildman–Crippen LogP) is 8.03. The van der Waals surface area contributed by atoms with Crippen LogP contribution in [0.5, 0.6) is 34.5 Å². The summed E-state index contributed by atoms with van der Waals surface area (Å²) in [5.74, 6) is 2.39. The highest BCUT2D eigenvalue weighted by Gasteiger charge is 2.43. The molecule has 0 unspecified atom stereocenters. The fourth-order valence-corrected chi connectivity index (χ4v) is 2.64. The zero-order chi connectivity index (χ0) is 29.1. The number of rotatable bonds is 4. The molecule has 0 fully saturated rings. The summed E-state index contributed by atoms with van der Waals surface area (Å²) in [5, 5.41) is 19.0. The molecule has 0 heterocycles. The van der Waals surface area contributed by atoms with E-state index < -0.39 is 18.8 Å². The maximum Gasteiger partial charge on any atom is 0.397 e. The number of para-hydroxylation sites is 4. The number of anilines is 2. The van der Waals surface area contributed by atoms with Gasteiger partial charge in [0.15, 0.2) is 23.0 Å². The molecule has 4 aromatic carbocycles. The Hall–Kier alpha value is -4.74. The topological polar surface area (TPSA) is 111 Å². The van der Waals surface area contributed by atoms with Gasteiger partial charge in [-0.15, -0.1) is 0 Å². The first kappa shape index (κ1) is 30.5. The van der Waals surface area contributed by atoms with Gasteiger partial charge in [0.1, 0.15) is 17.9 Å². The van der Waals surface area contributed by atoms with E-state index in [2.05, 4.69) is 0 Å². The standard InChI is InChI=1S/2C12H11NO2.C3H2F6/c2*13-9-5-7-10(8-6-9)15-12-4-2-1-3-11(12)14;4-2(5,6)1-3(7,8)9/h2*1-8,14H,13H2;1H2. The van der Waals surface area contributed by atoms with Crippen molar-refractivity contribution >= 4 is 11.4 Å². The lowest BCUT2D eigenvalue weighted by Crippen LogP contribution is -2.20. The van der Waals surface area contributed by atoms with E-state index in [1.54, 1.807) is 97.1 Å².